The fourth-order valence-corrected chi connectivity index (χ4v) is 1.10. The Hall–Kier alpha value is -1.79. The molecule has 0 aliphatic rings. The normalized spacial score (nSPS) is 11.6. The molecule has 0 amide bonds. The number of ether oxygens (including phenoxy) is 1. The molecule has 0 spiro atoms. The lowest BCUT2D eigenvalue weighted by Gasteiger charge is -2.18. The minimum absolute atomic E-state index is 0.0969. The summed E-state index contributed by atoms with van der Waals surface area (Å²) in [6.07, 6.45) is -9.22. The van der Waals surface area contributed by atoms with E-state index in [-0.39, 0.29) is 5.56 Å². The summed E-state index contributed by atoms with van der Waals surface area (Å²) in [5, 5.41) is 8.51. The lowest BCUT2D eigenvalue weighted by Crippen LogP contribution is -2.33. The number of hydrogen-bond acceptors (Lipinski definition) is 2. The second-order valence-corrected chi connectivity index (χ2v) is 3.14. The van der Waals surface area contributed by atoms with Crippen LogP contribution < -0.4 is 4.74 Å². The van der Waals surface area contributed by atoms with Crippen LogP contribution in [0.25, 0.3) is 0 Å². The second-order valence-electron chi connectivity index (χ2n) is 3.14. The number of carboxylic acids is 1. The van der Waals surface area contributed by atoms with Crippen LogP contribution in [0.2, 0.25) is 0 Å². The van der Waals surface area contributed by atoms with Crippen LogP contribution in [-0.2, 0) is 11.2 Å². The highest BCUT2D eigenvalue weighted by atomic mass is 19.3. The predicted octanol–water partition coefficient (Wildman–Crippen LogP) is 2.55. The highest BCUT2D eigenvalue weighted by Gasteiger charge is 2.44. The van der Waals surface area contributed by atoms with E-state index in [2.05, 4.69) is 4.74 Å². The summed E-state index contributed by atoms with van der Waals surface area (Å²) in [7, 11) is 0. The second kappa shape index (κ2) is 5.03. The SMILES string of the molecule is O=C(O)Cc1ccccc1OC(F)(F)C(F)F. The van der Waals surface area contributed by atoms with Gasteiger partial charge < -0.3 is 9.84 Å². The number of halogens is 4. The van der Waals surface area contributed by atoms with E-state index in [9.17, 15) is 22.4 Å². The van der Waals surface area contributed by atoms with E-state index in [1.54, 1.807) is 0 Å². The maximum Gasteiger partial charge on any atom is 0.461 e. The lowest BCUT2D eigenvalue weighted by molar-refractivity contribution is -0.253. The van der Waals surface area contributed by atoms with Crippen molar-refractivity contribution in [3.8, 4) is 5.75 Å². The molecule has 0 radical (unpaired) electrons. The monoisotopic (exact) mass is 252 g/mol. The summed E-state index contributed by atoms with van der Waals surface area (Å²) in [6, 6.07) is 4.90. The Labute approximate surface area is 93.6 Å². The lowest BCUT2D eigenvalue weighted by atomic mass is 10.1. The van der Waals surface area contributed by atoms with Crippen molar-refractivity contribution in [2.45, 2.75) is 19.0 Å². The summed E-state index contributed by atoms with van der Waals surface area (Å²) in [6.45, 7) is 0. The topological polar surface area (TPSA) is 46.5 Å². The Bertz CT molecular complexity index is 406. The average Bonchev–Trinajstić information content (AvgIpc) is 2.19. The number of carbonyl (C=O) groups is 1. The van der Waals surface area contributed by atoms with Gasteiger partial charge in [-0.2, -0.15) is 17.6 Å². The summed E-state index contributed by atoms with van der Waals surface area (Å²) in [5.74, 6) is -1.85. The summed E-state index contributed by atoms with van der Waals surface area (Å²) < 4.78 is 52.9. The molecule has 0 atom stereocenters. The first-order chi connectivity index (χ1) is 7.83. The maximum absolute atomic E-state index is 12.6. The van der Waals surface area contributed by atoms with Gasteiger partial charge in [0.1, 0.15) is 5.75 Å². The standard InChI is InChI=1S/C10H8F4O3/c11-9(12)10(13,14)17-7-4-2-1-3-6(7)5-8(15)16/h1-4,9H,5H2,(H,15,16). The zero-order valence-corrected chi connectivity index (χ0v) is 8.37. The summed E-state index contributed by atoms with van der Waals surface area (Å²) in [4.78, 5) is 10.4. The number of alkyl halides is 4. The minimum Gasteiger partial charge on any atom is -0.481 e. The molecule has 0 heterocycles. The first kappa shape index (κ1) is 13.3. The fraction of sp³-hybridized carbons (Fsp3) is 0.300. The average molecular weight is 252 g/mol. The minimum atomic E-state index is -4.64. The zero-order chi connectivity index (χ0) is 13.1. The molecular weight excluding hydrogens is 244 g/mol. The van der Waals surface area contributed by atoms with Crippen LogP contribution in [0.5, 0.6) is 5.75 Å². The van der Waals surface area contributed by atoms with E-state index in [1.165, 1.54) is 18.2 Å². The third-order valence-electron chi connectivity index (χ3n) is 1.81. The van der Waals surface area contributed by atoms with Gasteiger partial charge >= 0.3 is 18.5 Å². The van der Waals surface area contributed by atoms with Crippen molar-refractivity contribution >= 4 is 5.97 Å². The van der Waals surface area contributed by atoms with E-state index >= 15 is 0 Å². The number of para-hydroxylation sites is 1. The van der Waals surface area contributed by atoms with Gasteiger partial charge in [0, 0.05) is 5.56 Å². The molecule has 17 heavy (non-hydrogen) atoms. The van der Waals surface area contributed by atoms with E-state index in [1.807, 2.05) is 0 Å². The van der Waals surface area contributed by atoms with Gasteiger partial charge in [0.25, 0.3) is 0 Å². The molecule has 3 nitrogen and oxygen atoms in total. The Morgan fingerprint density at radius 3 is 2.47 bits per heavy atom. The molecule has 0 bridgehead atoms. The molecule has 0 aromatic heterocycles. The van der Waals surface area contributed by atoms with Crippen LogP contribution >= 0.6 is 0 Å². The summed E-state index contributed by atoms with van der Waals surface area (Å²) >= 11 is 0. The predicted molar refractivity (Wildman–Crippen MR) is 49.4 cm³/mol. The highest BCUT2D eigenvalue weighted by molar-refractivity contribution is 5.71. The van der Waals surface area contributed by atoms with Crippen LogP contribution in [0.4, 0.5) is 17.6 Å². The highest BCUT2D eigenvalue weighted by Crippen LogP contribution is 2.29. The van der Waals surface area contributed by atoms with Gasteiger partial charge in [-0.15, -0.1) is 0 Å². The van der Waals surface area contributed by atoms with Gasteiger partial charge in [0.2, 0.25) is 0 Å². The Balaban J connectivity index is 2.94. The quantitative estimate of drug-likeness (QED) is 0.819. The number of benzene rings is 1. The molecular formula is C10H8F4O3. The first-order valence-corrected chi connectivity index (χ1v) is 4.47. The third kappa shape index (κ3) is 3.61. The third-order valence-corrected chi connectivity index (χ3v) is 1.81. The number of aliphatic carboxylic acids is 1. The van der Waals surface area contributed by atoms with E-state index < -0.39 is 30.7 Å². The first-order valence-electron chi connectivity index (χ1n) is 4.47. The molecule has 94 valence electrons. The molecule has 7 heteroatoms. The van der Waals surface area contributed by atoms with Crippen molar-refractivity contribution in [3.63, 3.8) is 0 Å². The Morgan fingerprint density at radius 1 is 1.35 bits per heavy atom. The van der Waals surface area contributed by atoms with Gasteiger partial charge in [-0.1, -0.05) is 18.2 Å². The van der Waals surface area contributed by atoms with E-state index in [0.717, 1.165) is 6.07 Å². The molecule has 0 saturated heterocycles. The molecule has 0 aliphatic carbocycles. The van der Waals surface area contributed by atoms with Crippen LogP contribution in [0.15, 0.2) is 24.3 Å². The number of carboxylic acid groups (broad SMARTS) is 1. The van der Waals surface area contributed by atoms with Crippen molar-refractivity contribution in [3.05, 3.63) is 29.8 Å². The van der Waals surface area contributed by atoms with Gasteiger partial charge in [-0.3, -0.25) is 4.79 Å². The molecule has 1 aromatic carbocycles. The molecule has 1 aromatic rings. The van der Waals surface area contributed by atoms with Crippen LogP contribution in [0, 0.1) is 0 Å². The van der Waals surface area contributed by atoms with Crippen molar-refractivity contribution in [2.75, 3.05) is 0 Å². The molecule has 0 aliphatic heterocycles. The molecule has 0 unspecified atom stereocenters. The number of rotatable bonds is 5. The number of hydrogen-bond donors (Lipinski definition) is 1. The smallest absolute Gasteiger partial charge is 0.461 e. The van der Waals surface area contributed by atoms with Crippen LogP contribution in [0.1, 0.15) is 5.56 Å². The summed E-state index contributed by atoms with van der Waals surface area (Å²) in [5.41, 5.74) is -0.0969. The maximum atomic E-state index is 12.6. The van der Waals surface area contributed by atoms with Gasteiger partial charge in [0.15, 0.2) is 0 Å². The van der Waals surface area contributed by atoms with Crippen LogP contribution in [0.3, 0.4) is 0 Å². The van der Waals surface area contributed by atoms with Gasteiger partial charge in [-0.05, 0) is 6.07 Å². The van der Waals surface area contributed by atoms with Crippen molar-refractivity contribution in [1.82, 2.24) is 0 Å². The zero-order valence-electron chi connectivity index (χ0n) is 8.37. The van der Waals surface area contributed by atoms with Crippen molar-refractivity contribution in [1.29, 1.82) is 0 Å². The van der Waals surface area contributed by atoms with Gasteiger partial charge in [0.05, 0.1) is 6.42 Å². The molecule has 1 rings (SSSR count). The van der Waals surface area contributed by atoms with E-state index in [0.29, 0.717) is 0 Å². The molecule has 1 N–H and O–H groups in total. The largest absolute Gasteiger partial charge is 0.481 e. The van der Waals surface area contributed by atoms with E-state index in [4.69, 9.17) is 5.11 Å². The van der Waals surface area contributed by atoms with Crippen molar-refractivity contribution < 1.29 is 32.2 Å². The Morgan fingerprint density at radius 2 is 1.94 bits per heavy atom. The van der Waals surface area contributed by atoms with Crippen molar-refractivity contribution in [2.24, 2.45) is 0 Å². The molecule has 0 saturated carbocycles. The van der Waals surface area contributed by atoms with Crippen LogP contribution in [-0.4, -0.2) is 23.6 Å². The fourth-order valence-electron chi connectivity index (χ4n) is 1.10. The van der Waals surface area contributed by atoms with Gasteiger partial charge in [-0.25, -0.2) is 0 Å². The molecule has 0 fully saturated rings. The Kier molecular flexibility index (Phi) is 3.93.